The molecular formula is C21H19F3N2O4. The number of carbonyl (C=O) groups excluding carboxylic acids is 3. The van der Waals surface area contributed by atoms with Crippen LogP contribution in [0.4, 0.5) is 24.5 Å². The van der Waals surface area contributed by atoms with Crippen LogP contribution < -0.4 is 10.2 Å². The van der Waals surface area contributed by atoms with Gasteiger partial charge >= 0.3 is 12.1 Å². The molecule has 0 radical (unpaired) electrons. The number of esters is 1. The molecule has 2 aromatic rings. The lowest BCUT2D eigenvalue weighted by Gasteiger charge is -2.31. The Morgan fingerprint density at radius 3 is 2.53 bits per heavy atom. The molecule has 158 valence electrons. The molecule has 0 aromatic heterocycles. The van der Waals surface area contributed by atoms with Gasteiger partial charge < -0.3 is 10.1 Å². The SMILES string of the molecule is Cc1cccc(C(=O)OC(C)C(=O)N2CC(=O)Nc3cc(C(F)(F)F)ccc32)c1C. The normalized spacial score (nSPS) is 14.6. The number of fused-ring (bicyclic) bond motifs is 1. The number of rotatable bonds is 3. The number of aryl methyl sites for hydroxylation is 1. The summed E-state index contributed by atoms with van der Waals surface area (Å²) < 4.78 is 44.1. The van der Waals surface area contributed by atoms with Gasteiger partial charge in [0.05, 0.1) is 22.5 Å². The van der Waals surface area contributed by atoms with E-state index in [2.05, 4.69) is 5.32 Å². The molecule has 0 fully saturated rings. The highest BCUT2D eigenvalue weighted by molar-refractivity contribution is 6.11. The van der Waals surface area contributed by atoms with Crippen molar-refractivity contribution in [1.29, 1.82) is 0 Å². The predicted molar refractivity (Wildman–Crippen MR) is 103 cm³/mol. The molecule has 30 heavy (non-hydrogen) atoms. The first-order valence-electron chi connectivity index (χ1n) is 9.08. The quantitative estimate of drug-likeness (QED) is 0.766. The largest absolute Gasteiger partial charge is 0.449 e. The molecule has 1 unspecified atom stereocenters. The zero-order valence-corrected chi connectivity index (χ0v) is 16.5. The van der Waals surface area contributed by atoms with Crippen molar-refractivity contribution in [3.05, 3.63) is 58.7 Å². The van der Waals surface area contributed by atoms with E-state index in [1.165, 1.54) is 6.92 Å². The summed E-state index contributed by atoms with van der Waals surface area (Å²) in [5, 5.41) is 2.34. The van der Waals surface area contributed by atoms with E-state index in [0.29, 0.717) is 11.1 Å². The second-order valence-corrected chi connectivity index (χ2v) is 7.00. The monoisotopic (exact) mass is 420 g/mol. The lowest BCUT2D eigenvalue weighted by molar-refractivity contribution is -0.137. The first kappa shape index (κ1) is 21.4. The fraction of sp³-hybridized carbons (Fsp3) is 0.286. The Hall–Kier alpha value is -3.36. The lowest BCUT2D eigenvalue weighted by atomic mass is 10.0. The number of hydrogen-bond donors (Lipinski definition) is 1. The topological polar surface area (TPSA) is 75.7 Å². The van der Waals surface area contributed by atoms with Crippen LogP contribution >= 0.6 is 0 Å². The van der Waals surface area contributed by atoms with Gasteiger partial charge in [0.1, 0.15) is 6.54 Å². The zero-order chi connectivity index (χ0) is 22.2. The standard InChI is InChI=1S/C21H19F3N2O4/c1-11-5-4-6-15(12(11)2)20(29)30-13(3)19(28)26-10-18(27)25-16-9-14(21(22,23)24)7-8-17(16)26/h4-9,13H,10H2,1-3H3,(H,25,27). The van der Waals surface area contributed by atoms with Crippen LogP contribution in [0.25, 0.3) is 0 Å². The van der Waals surface area contributed by atoms with Crippen LogP contribution in [0.5, 0.6) is 0 Å². The number of carbonyl (C=O) groups is 3. The molecule has 6 nitrogen and oxygen atoms in total. The van der Waals surface area contributed by atoms with E-state index in [0.717, 1.165) is 28.7 Å². The van der Waals surface area contributed by atoms with Crippen molar-refractivity contribution in [2.75, 3.05) is 16.8 Å². The minimum Gasteiger partial charge on any atom is -0.449 e. The summed E-state index contributed by atoms with van der Waals surface area (Å²) in [7, 11) is 0. The highest BCUT2D eigenvalue weighted by Crippen LogP contribution is 2.37. The number of nitrogens with one attached hydrogen (secondary N) is 1. The number of ether oxygens (including phenoxy) is 1. The van der Waals surface area contributed by atoms with Crippen LogP contribution in [-0.4, -0.2) is 30.4 Å². The van der Waals surface area contributed by atoms with E-state index in [1.54, 1.807) is 19.1 Å². The second kappa shape index (κ2) is 7.81. The van der Waals surface area contributed by atoms with Gasteiger partial charge in [0.25, 0.3) is 5.91 Å². The third kappa shape index (κ3) is 4.14. The third-order valence-electron chi connectivity index (χ3n) is 4.91. The molecule has 3 rings (SSSR count). The fourth-order valence-electron chi connectivity index (χ4n) is 3.13. The number of halogens is 3. The maximum absolute atomic E-state index is 13.0. The number of amides is 2. The van der Waals surface area contributed by atoms with E-state index in [9.17, 15) is 27.6 Å². The van der Waals surface area contributed by atoms with E-state index in [4.69, 9.17) is 4.74 Å². The van der Waals surface area contributed by atoms with Gasteiger partial charge in [0, 0.05) is 0 Å². The van der Waals surface area contributed by atoms with Gasteiger partial charge in [-0.2, -0.15) is 13.2 Å². The van der Waals surface area contributed by atoms with Gasteiger partial charge in [-0.3, -0.25) is 14.5 Å². The molecule has 9 heteroatoms. The van der Waals surface area contributed by atoms with Gasteiger partial charge in [0.2, 0.25) is 5.91 Å². The Bertz CT molecular complexity index is 1030. The Morgan fingerprint density at radius 2 is 1.87 bits per heavy atom. The molecule has 0 aliphatic carbocycles. The minimum absolute atomic E-state index is 0.0993. The Labute approximate surface area is 170 Å². The maximum atomic E-state index is 13.0. The molecular weight excluding hydrogens is 401 g/mol. The van der Waals surface area contributed by atoms with Gasteiger partial charge in [-0.25, -0.2) is 4.79 Å². The van der Waals surface area contributed by atoms with Gasteiger partial charge in [-0.15, -0.1) is 0 Å². The lowest BCUT2D eigenvalue weighted by Crippen LogP contribution is -2.47. The number of anilines is 2. The van der Waals surface area contributed by atoms with Crippen molar-refractivity contribution in [2.45, 2.75) is 33.1 Å². The van der Waals surface area contributed by atoms with E-state index < -0.39 is 42.2 Å². The summed E-state index contributed by atoms with van der Waals surface area (Å²) in [5.74, 6) is -2.07. The van der Waals surface area contributed by atoms with Crippen molar-refractivity contribution in [3.63, 3.8) is 0 Å². The van der Waals surface area contributed by atoms with E-state index in [1.807, 2.05) is 13.0 Å². The van der Waals surface area contributed by atoms with Gasteiger partial charge in [-0.05, 0) is 56.2 Å². The van der Waals surface area contributed by atoms with E-state index >= 15 is 0 Å². The fourth-order valence-corrected chi connectivity index (χ4v) is 3.13. The molecule has 1 atom stereocenters. The van der Waals surface area contributed by atoms with Crippen LogP contribution in [0.15, 0.2) is 36.4 Å². The van der Waals surface area contributed by atoms with Crippen LogP contribution in [0.3, 0.4) is 0 Å². The molecule has 0 bridgehead atoms. The molecule has 1 heterocycles. The Balaban J connectivity index is 1.84. The molecule has 0 saturated carbocycles. The average Bonchev–Trinajstić information content (AvgIpc) is 2.67. The highest BCUT2D eigenvalue weighted by Gasteiger charge is 2.35. The van der Waals surface area contributed by atoms with Crippen LogP contribution in [-0.2, 0) is 20.5 Å². The molecule has 1 N–H and O–H groups in total. The highest BCUT2D eigenvalue weighted by atomic mass is 19.4. The van der Waals surface area contributed by atoms with Crippen molar-refractivity contribution in [1.82, 2.24) is 0 Å². The number of hydrogen-bond acceptors (Lipinski definition) is 4. The second-order valence-electron chi connectivity index (χ2n) is 7.00. The molecule has 1 aliphatic rings. The van der Waals surface area contributed by atoms with E-state index in [-0.39, 0.29) is 11.4 Å². The summed E-state index contributed by atoms with van der Waals surface area (Å²) in [6, 6.07) is 7.79. The smallest absolute Gasteiger partial charge is 0.416 e. The van der Waals surface area contributed by atoms with Crippen LogP contribution in [0, 0.1) is 13.8 Å². The predicted octanol–water partition coefficient (Wildman–Crippen LogP) is 3.85. The summed E-state index contributed by atoms with van der Waals surface area (Å²) in [6.45, 7) is 4.53. The average molecular weight is 420 g/mol. The Morgan fingerprint density at radius 1 is 1.17 bits per heavy atom. The Kier molecular flexibility index (Phi) is 5.56. The number of nitrogens with zero attached hydrogens (tertiary/aromatic N) is 1. The van der Waals surface area contributed by atoms with Gasteiger partial charge in [-0.1, -0.05) is 12.1 Å². The summed E-state index contributed by atoms with van der Waals surface area (Å²) in [6.07, 6.45) is -5.85. The molecule has 0 spiro atoms. The van der Waals surface area contributed by atoms with Crippen LogP contribution in [0.2, 0.25) is 0 Å². The number of benzene rings is 2. The molecule has 0 saturated heterocycles. The summed E-state index contributed by atoms with van der Waals surface area (Å²) in [4.78, 5) is 38.3. The minimum atomic E-state index is -4.60. The summed E-state index contributed by atoms with van der Waals surface area (Å²) >= 11 is 0. The molecule has 1 aliphatic heterocycles. The first-order valence-corrected chi connectivity index (χ1v) is 9.08. The maximum Gasteiger partial charge on any atom is 0.416 e. The van der Waals surface area contributed by atoms with Crippen molar-refractivity contribution in [2.24, 2.45) is 0 Å². The van der Waals surface area contributed by atoms with Gasteiger partial charge in [0.15, 0.2) is 6.10 Å². The molecule has 2 amide bonds. The first-order chi connectivity index (χ1) is 14.0. The number of alkyl halides is 3. The van der Waals surface area contributed by atoms with Crippen molar-refractivity contribution >= 4 is 29.2 Å². The van der Waals surface area contributed by atoms with Crippen LogP contribution in [0.1, 0.15) is 34.0 Å². The molecule has 2 aromatic carbocycles. The third-order valence-corrected chi connectivity index (χ3v) is 4.91. The van der Waals surface area contributed by atoms with Crippen molar-refractivity contribution in [3.8, 4) is 0 Å². The van der Waals surface area contributed by atoms with Crippen molar-refractivity contribution < 1.29 is 32.3 Å². The zero-order valence-electron chi connectivity index (χ0n) is 16.5. The summed E-state index contributed by atoms with van der Waals surface area (Å²) in [5.41, 5.74) is 0.909.